The Bertz CT molecular complexity index is 295. The molecule has 0 N–H and O–H groups in total. The molecule has 1 rings (SSSR count). The van der Waals surface area contributed by atoms with Crippen molar-refractivity contribution in [2.45, 2.75) is 32.6 Å². The van der Waals surface area contributed by atoms with Crippen molar-refractivity contribution >= 4 is 21.7 Å². The van der Waals surface area contributed by atoms with Crippen LogP contribution in [-0.2, 0) is 11.2 Å². The van der Waals surface area contributed by atoms with Crippen LogP contribution in [0.2, 0.25) is 0 Å². The van der Waals surface area contributed by atoms with E-state index in [0.717, 1.165) is 23.0 Å². The van der Waals surface area contributed by atoms with E-state index in [1.54, 1.807) is 6.20 Å². The molecule has 0 atom stereocenters. The van der Waals surface area contributed by atoms with E-state index < -0.39 is 0 Å². The average Bonchev–Trinajstić information content (AvgIpc) is 2.18. The van der Waals surface area contributed by atoms with Crippen molar-refractivity contribution in [2.75, 3.05) is 0 Å². The lowest BCUT2D eigenvalue weighted by Gasteiger charge is -1.99. The summed E-state index contributed by atoms with van der Waals surface area (Å²) in [5.41, 5.74) is 0.856. The normalized spacial score (nSPS) is 10.1. The second-order valence-corrected chi connectivity index (χ2v) is 4.20. The molecule has 0 aliphatic heterocycles. The lowest BCUT2D eigenvalue weighted by Crippen LogP contribution is -2.03. The second-order valence-electron chi connectivity index (χ2n) is 3.29. The number of ketones is 1. The van der Waals surface area contributed by atoms with E-state index >= 15 is 0 Å². The second kappa shape index (κ2) is 5.91. The van der Waals surface area contributed by atoms with Crippen molar-refractivity contribution in [2.24, 2.45) is 0 Å². The van der Waals surface area contributed by atoms with Crippen molar-refractivity contribution in [3.05, 3.63) is 28.5 Å². The zero-order valence-corrected chi connectivity index (χ0v) is 9.88. The highest BCUT2D eigenvalue weighted by atomic mass is 79.9. The van der Waals surface area contributed by atoms with Crippen LogP contribution in [0.15, 0.2) is 22.8 Å². The summed E-state index contributed by atoms with van der Waals surface area (Å²) >= 11 is 3.31. The Balaban J connectivity index is 2.44. The van der Waals surface area contributed by atoms with Gasteiger partial charge in [-0.05, 0) is 34.5 Å². The quantitative estimate of drug-likeness (QED) is 0.810. The van der Waals surface area contributed by atoms with Crippen LogP contribution in [0.4, 0.5) is 0 Å². The summed E-state index contributed by atoms with van der Waals surface area (Å²) in [6.07, 6.45) is 4.92. The van der Waals surface area contributed by atoms with E-state index in [4.69, 9.17) is 0 Å². The average molecular weight is 256 g/mol. The van der Waals surface area contributed by atoms with Gasteiger partial charge in [0.15, 0.2) is 0 Å². The molecule has 0 fully saturated rings. The molecule has 76 valence electrons. The van der Waals surface area contributed by atoms with Gasteiger partial charge >= 0.3 is 0 Å². The van der Waals surface area contributed by atoms with E-state index in [-0.39, 0.29) is 5.78 Å². The summed E-state index contributed by atoms with van der Waals surface area (Å²) in [6, 6.07) is 3.80. The molecule has 1 aromatic rings. The van der Waals surface area contributed by atoms with Crippen LogP contribution in [-0.4, -0.2) is 10.8 Å². The first-order chi connectivity index (χ1) is 6.72. The Morgan fingerprint density at radius 2 is 2.29 bits per heavy atom. The maximum absolute atomic E-state index is 11.4. The standard InChI is InChI=1S/C11H14BrNO/c1-2-3-4-11(14)7-10-6-5-9(12)8-13-10/h5-6,8H,2-4,7H2,1H3. The van der Waals surface area contributed by atoms with E-state index in [1.165, 1.54) is 0 Å². The van der Waals surface area contributed by atoms with Crippen LogP contribution >= 0.6 is 15.9 Å². The number of carbonyl (C=O) groups excluding carboxylic acids is 1. The number of hydrogen-bond acceptors (Lipinski definition) is 2. The summed E-state index contributed by atoms with van der Waals surface area (Å²) in [5, 5.41) is 0. The molecule has 0 aliphatic carbocycles. The number of aromatic nitrogens is 1. The van der Waals surface area contributed by atoms with E-state index in [2.05, 4.69) is 27.8 Å². The van der Waals surface area contributed by atoms with Gasteiger partial charge in [-0.15, -0.1) is 0 Å². The number of hydrogen-bond donors (Lipinski definition) is 0. The van der Waals surface area contributed by atoms with Gasteiger partial charge in [-0.25, -0.2) is 0 Å². The fourth-order valence-electron chi connectivity index (χ4n) is 1.18. The minimum atomic E-state index is 0.279. The molecule has 0 spiro atoms. The number of Topliss-reactive ketones (excluding diaryl/α,β-unsaturated/α-hetero) is 1. The molecule has 0 aromatic carbocycles. The monoisotopic (exact) mass is 255 g/mol. The van der Waals surface area contributed by atoms with Crippen LogP contribution in [0.1, 0.15) is 31.9 Å². The smallest absolute Gasteiger partial charge is 0.138 e. The molecule has 0 amide bonds. The maximum Gasteiger partial charge on any atom is 0.138 e. The molecule has 0 saturated heterocycles. The molecule has 0 bridgehead atoms. The summed E-state index contributed by atoms with van der Waals surface area (Å²) in [5.74, 6) is 0.279. The van der Waals surface area contributed by atoms with Crippen LogP contribution < -0.4 is 0 Å². The molecule has 1 aromatic heterocycles. The molecule has 14 heavy (non-hydrogen) atoms. The van der Waals surface area contributed by atoms with E-state index in [0.29, 0.717) is 12.8 Å². The molecule has 0 radical (unpaired) electrons. The van der Waals surface area contributed by atoms with Gasteiger partial charge in [-0.3, -0.25) is 9.78 Å². The molecule has 2 nitrogen and oxygen atoms in total. The number of nitrogens with zero attached hydrogens (tertiary/aromatic N) is 1. The van der Waals surface area contributed by atoms with Crippen molar-refractivity contribution in [3.8, 4) is 0 Å². The lowest BCUT2D eigenvalue weighted by molar-refractivity contribution is -0.118. The molecular weight excluding hydrogens is 242 g/mol. The Morgan fingerprint density at radius 1 is 1.50 bits per heavy atom. The Labute approximate surface area is 92.9 Å². The van der Waals surface area contributed by atoms with E-state index in [1.807, 2.05) is 12.1 Å². The summed E-state index contributed by atoms with van der Waals surface area (Å²) < 4.78 is 0.947. The third-order valence-electron chi connectivity index (χ3n) is 1.98. The van der Waals surface area contributed by atoms with Crippen LogP contribution in [0.5, 0.6) is 0 Å². The predicted octanol–water partition coefficient (Wildman–Crippen LogP) is 3.15. The molecular formula is C11H14BrNO. The minimum Gasteiger partial charge on any atom is -0.299 e. The highest BCUT2D eigenvalue weighted by Gasteiger charge is 2.03. The van der Waals surface area contributed by atoms with Gasteiger partial charge in [-0.1, -0.05) is 13.3 Å². The van der Waals surface area contributed by atoms with Gasteiger partial charge < -0.3 is 0 Å². The summed E-state index contributed by atoms with van der Waals surface area (Å²) in [4.78, 5) is 15.6. The number of carbonyl (C=O) groups is 1. The fourth-order valence-corrected chi connectivity index (χ4v) is 1.41. The third-order valence-corrected chi connectivity index (χ3v) is 2.45. The SMILES string of the molecule is CCCCC(=O)Cc1ccc(Br)cn1. The van der Waals surface area contributed by atoms with Crippen LogP contribution in [0.3, 0.4) is 0 Å². The zero-order chi connectivity index (χ0) is 10.4. The number of halogens is 1. The first-order valence-electron chi connectivity index (χ1n) is 4.84. The lowest BCUT2D eigenvalue weighted by atomic mass is 10.1. The number of unbranched alkanes of at least 4 members (excludes halogenated alkanes) is 1. The highest BCUT2D eigenvalue weighted by Crippen LogP contribution is 2.08. The van der Waals surface area contributed by atoms with Crippen LogP contribution in [0.25, 0.3) is 0 Å². The maximum atomic E-state index is 11.4. The fraction of sp³-hybridized carbons (Fsp3) is 0.455. The predicted molar refractivity (Wildman–Crippen MR) is 60.2 cm³/mol. The summed E-state index contributed by atoms with van der Waals surface area (Å²) in [6.45, 7) is 2.09. The molecule has 0 saturated carbocycles. The Morgan fingerprint density at radius 3 is 2.86 bits per heavy atom. The third kappa shape index (κ3) is 4.01. The van der Waals surface area contributed by atoms with Gasteiger partial charge in [0.2, 0.25) is 0 Å². The van der Waals surface area contributed by atoms with Crippen molar-refractivity contribution in [1.82, 2.24) is 4.98 Å². The topological polar surface area (TPSA) is 30.0 Å². The molecule has 3 heteroatoms. The molecule has 0 aliphatic rings. The molecule has 0 unspecified atom stereocenters. The number of pyridine rings is 1. The summed E-state index contributed by atoms with van der Waals surface area (Å²) in [7, 11) is 0. The van der Waals surface area contributed by atoms with Gasteiger partial charge in [0.1, 0.15) is 5.78 Å². The zero-order valence-electron chi connectivity index (χ0n) is 8.29. The first kappa shape index (κ1) is 11.4. The largest absolute Gasteiger partial charge is 0.299 e. The van der Waals surface area contributed by atoms with Crippen molar-refractivity contribution in [1.29, 1.82) is 0 Å². The minimum absolute atomic E-state index is 0.279. The first-order valence-corrected chi connectivity index (χ1v) is 5.64. The van der Waals surface area contributed by atoms with Gasteiger partial charge in [-0.2, -0.15) is 0 Å². The number of rotatable bonds is 5. The molecule has 1 heterocycles. The van der Waals surface area contributed by atoms with Gasteiger partial charge in [0, 0.05) is 29.2 Å². The van der Waals surface area contributed by atoms with Crippen LogP contribution in [0, 0.1) is 0 Å². The van der Waals surface area contributed by atoms with E-state index in [9.17, 15) is 4.79 Å². The van der Waals surface area contributed by atoms with Gasteiger partial charge in [0.25, 0.3) is 0 Å². The Hall–Kier alpha value is -0.700. The van der Waals surface area contributed by atoms with Crippen molar-refractivity contribution < 1.29 is 4.79 Å². The van der Waals surface area contributed by atoms with Gasteiger partial charge in [0.05, 0.1) is 0 Å². The van der Waals surface area contributed by atoms with Crippen molar-refractivity contribution in [3.63, 3.8) is 0 Å². The highest BCUT2D eigenvalue weighted by molar-refractivity contribution is 9.10. The Kier molecular flexibility index (Phi) is 4.80.